The highest BCUT2D eigenvalue weighted by Crippen LogP contribution is 2.29. The highest BCUT2D eigenvalue weighted by atomic mass is 32.2. The second-order valence-electron chi connectivity index (χ2n) is 4.11. The summed E-state index contributed by atoms with van der Waals surface area (Å²) in [6.07, 6.45) is -4.79. The second-order valence-corrected chi connectivity index (χ2v) is 5.05. The third-order valence-corrected chi connectivity index (χ3v) is 3.42. The number of hydrogen-bond donors (Lipinski definition) is 2. The molecule has 2 rings (SSSR count). The van der Waals surface area contributed by atoms with Gasteiger partial charge in [0.25, 0.3) is 5.82 Å². The van der Waals surface area contributed by atoms with Crippen LogP contribution in [0, 0.1) is 11.6 Å². The van der Waals surface area contributed by atoms with Gasteiger partial charge in [0.15, 0.2) is 0 Å². The first-order chi connectivity index (χ1) is 10.7. The van der Waals surface area contributed by atoms with Crippen molar-refractivity contribution < 1.29 is 26.7 Å². The van der Waals surface area contributed by atoms with Crippen LogP contribution >= 0.6 is 11.8 Å². The van der Waals surface area contributed by atoms with Gasteiger partial charge in [-0.3, -0.25) is 4.79 Å². The molecule has 0 fully saturated rings. The van der Waals surface area contributed by atoms with Crippen LogP contribution in [0.15, 0.2) is 23.4 Å². The van der Waals surface area contributed by atoms with Crippen LogP contribution in [0.4, 0.5) is 27.6 Å². The molecule has 0 aliphatic rings. The number of para-hydroxylation sites is 1. The zero-order chi connectivity index (χ0) is 17.2. The fourth-order valence-electron chi connectivity index (χ4n) is 1.49. The number of amides is 1. The summed E-state index contributed by atoms with van der Waals surface area (Å²) in [6.45, 7) is 0. The molecule has 3 N–H and O–H groups in total. The van der Waals surface area contributed by atoms with Gasteiger partial charge in [-0.25, -0.2) is 13.5 Å². The number of halogens is 5. The fraction of sp³-hybridized carbons (Fsp3) is 0.182. The average Bonchev–Trinajstić information content (AvgIpc) is 2.82. The van der Waals surface area contributed by atoms with Gasteiger partial charge in [0.05, 0.1) is 5.75 Å². The molecule has 0 unspecified atom stereocenters. The highest BCUT2D eigenvalue weighted by molar-refractivity contribution is 7.99. The Hall–Kier alpha value is -2.37. The number of hydrogen-bond acceptors (Lipinski definition) is 5. The van der Waals surface area contributed by atoms with E-state index in [4.69, 9.17) is 5.84 Å². The van der Waals surface area contributed by atoms with Gasteiger partial charge >= 0.3 is 6.18 Å². The number of alkyl halides is 3. The van der Waals surface area contributed by atoms with E-state index in [0.29, 0.717) is 11.8 Å². The fourth-order valence-corrected chi connectivity index (χ4v) is 2.15. The third-order valence-electron chi connectivity index (χ3n) is 2.48. The van der Waals surface area contributed by atoms with Crippen molar-refractivity contribution in [3.05, 3.63) is 35.7 Å². The molecule has 23 heavy (non-hydrogen) atoms. The molecule has 1 amide bonds. The van der Waals surface area contributed by atoms with Crippen molar-refractivity contribution in [2.24, 2.45) is 0 Å². The van der Waals surface area contributed by atoms with Crippen LogP contribution in [0.25, 0.3) is 0 Å². The van der Waals surface area contributed by atoms with Crippen molar-refractivity contribution in [2.75, 3.05) is 16.9 Å². The Morgan fingerprint density at radius 1 is 1.26 bits per heavy atom. The summed E-state index contributed by atoms with van der Waals surface area (Å²) in [5, 5.41) is 7.67. The van der Waals surface area contributed by atoms with Crippen molar-refractivity contribution in [3.8, 4) is 0 Å². The summed E-state index contributed by atoms with van der Waals surface area (Å²) in [4.78, 5) is 11.6. The molecule has 12 heteroatoms. The quantitative estimate of drug-likeness (QED) is 0.499. The van der Waals surface area contributed by atoms with E-state index in [1.165, 1.54) is 0 Å². The molecule has 1 aromatic carbocycles. The van der Waals surface area contributed by atoms with Gasteiger partial charge in [-0.05, 0) is 12.1 Å². The van der Waals surface area contributed by atoms with Crippen LogP contribution in [-0.4, -0.2) is 26.5 Å². The zero-order valence-electron chi connectivity index (χ0n) is 11.1. The molecule has 0 bridgehead atoms. The summed E-state index contributed by atoms with van der Waals surface area (Å²) in [5.41, 5.74) is -0.650. The predicted octanol–water partition coefficient (Wildman–Crippen LogP) is 2.02. The van der Waals surface area contributed by atoms with Gasteiger partial charge in [-0.2, -0.15) is 13.2 Å². The smallest absolute Gasteiger partial charge is 0.335 e. The molecule has 0 radical (unpaired) electrons. The van der Waals surface area contributed by atoms with E-state index < -0.39 is 41.0 Å². The van der Waals surface area contributed by atoms with E-state index >= 15 is 0 Å². The molecular weight excluding hydrogens is 345 g/mol. The van der Waals surface area contributed by atoms with Crippen LogP contribution in [0.2, 0.25) is 0 Å². The number of carbonyl (C=O) groups is 1. The number of anilines is 1. The maximum Gasteiger partial charge on any atom is 0.453 e. The number of aromatic nitrogens is 3. The maximum absolute atomic E-state index is 13.3. The molecule has 0 spiro atoms. The summed E-state index contributed by atoms with van der Waals surface area (Å²) >= 11 is 0.530. The molecule has 124 valence electrons. The SMILES string of the molecule is Nn1c(SCC(=O)Nc2c(F)cccc2F)nnc1C(F)(F)F. The lowest BCUT2D eigenvalue weighted by molar-refractivity contribution is -0.146. The number of nitrogens with two attached hydrogens (primary N) is 1. The summed E-state index contributed by atoms with van der Waals surface area (Å²) in [6, 6.07) is 3.00. The minimum Gasteiger partial charge on any atom is -0.335 e. The molecule has 6 nitrogen and oxygen atoms in total. The Kier molecular flexibility index (Phi) is 4.73. The first-order valence-corrected chi connectivity index (χ1v) is 6.83. The van der Waals surface area contributed by atoms with E-state index in [1.807, 2.05) is 5.32 Å². The first kappa shape index (κ1) is 17.0. The van der Waals surface area contributed by atoms with Crippen LogP contribution in [0.1, 0.15) is 5.82 Å². The van der Waals surface area contributed by atoms with E-state index in [9.17, 15) is 26.7 Å². The third kappa shape index (κ3) is 3.88. The lowest BCUT2D eigenvalue weighted by Gasteiger charge is -2.08. The first-order valence-electron chi connectivity index (χ1n) is 5.84. The number of nitrogen functional groups attached to an aromatic ring is 1. The zero-order valence-corrected chi connectivity index (χ0v) is 11.9. The van der Waals surface area contributed by atoms with Crippen molar-refractivity contribution in [3.63, 3.8) is 0 Å². The summed E-state index contributed by atoms with van der Waals surface area (Å²) in [7, 11) is 0. The Morgan fingerprint density at radius 2 is 1.87 bits per heavy atom. The molecule has 1 aromatic heterocycles. The molecule has 1 heterocycles. The van der Waals surface area contributed by atoms with E-state index in [0.717, 1.165) is 18.2 Å². The Labute approximate surface area is 129 Å². The van der Waals surface area contributed by atoms with Gasteiger partial charge in [0, 0.05) is 0 Å². The number of carbonyl (C=O) groups excluding carboxylic acids is 1. The number of nitrogens with zero attached hydrogens (tertiary/aromatic N) is 3. The van der Waals surface area contributed by atoms with Crippen LogP contribution in [-0.2, 0) is 11.0 Å². The minimum absolute atomic E-state index is 0.182. The molecule has 0 saturated heterocycles. The standard InChI is InChI=1S/C11H8F5N5OS/c12-5-2-1-3-6(13)8(5)18-7(22)4-23-10-20-19-9(21(10)17)11(14,15)16/h1-3H,4,17H2,(H,18,22). The summed E-state index contributed by atoms with van der Waals surface area (Å²) in [5.74, 6) is 0.459. The second kappa shape index (κ2) is 6.40. The van der Waals surface area contributed by atoms with Gasteiger partial charge in [0.1, 0.15) is 17.3 Å². The van der Waals surface area contributed by atoms with E-state index in [-0.39, 0.29) is 9.83 Å². The molecule has 2 aromatic rings. The van der Waals surface area contributed by atoms with Crippen LogP contribution < -0.4 is 11.2 Å². The molecule has 0 aliphatic heterocycles. The van der Waals surface area contributed by atoms with E-state index in [1.54, 1.807) is 0 Å². The largest absolute Gasteiger partial charge is 0.453 e. The minimum atomic E-state index is -4.79. The predicted molar refractivity (Wildman–Crippen MR) is 70.9 cm³/mol. The van der Waals surface area contributed by atoms with Crippen molar-refractivity contribution in [2.45, 2.75) is 11.3 Å². The Balaban J connectivity index is 2.02. The lowest BCUT2D eigenvalue weighted by Crippen LogP contribution is -2.22. The molecule has 0 atom stereocenters. The molecule has 0 saturated carbocycles. The van der Waals surface area contributed by atoms with E-state index in [2.05, 4.69) is 10.2 Å². The Morgan fingerprint density at radius 3 is 2.39 bits per heavy atom. The maximum atomic E-state index is 13.3. The topological polar surface area (TPSA) is 85.8 Å². The van der Waals surface area contributed by atoms with Gasteiger partial charge in [0.2, 0.25) is 11.1 Å². The normalized spacial score (nSPS) is 11.5. The van der Waals surface area contributed by atoms with Gasteiger partial charge in [-0.15, -0.1) is 10.2 Å². The number of rotatable bonds is 4. The monoisotopic (exact) mass is 353 g/mol. The molecular formula is C11H8F5N5OS. The van der Waals surface area contributed by atoms with Crippen LogP contribution in [0.5, 0.6) is 0 Å². The number of nitrogens with one attached hydrogen (secondary N) is 1. The average molecular weight is 353 g/mol. The van der Waals surface area contributed by atoms with Gasteiger partial charge < -0.3 is 11.2 Å². The van der Waals surface area contributed by atoms with Gasteiger partial charge in [-0.1, -0.05) is 17.8 Å². The van der Waals surface area contributed by atoms with Crippen molar-refractivity contribution in [1.29, 1.82) is 0 Å². The van der Waals surface area contributed by atoms with Crippen molar-refractivity contribution in [1.82, 2.24) is 14.9 Å². The lowest BCUT2D eigenvalue weighted by atomic mass is 10.3. The number of thioether (sulfide) groups is 1. The number of benzene rings is 1. The summed E-state index contributed by atoms with van der Waals surface area (Å²) < 4.78 is 64.2. The molecule has 0 aliphatic carbocycles. The Bertz CT molecular complexity index is 712. The van der Waals surface area contributed by atoms with Crippen LogP contribution in [0.3, 0.4) is 0 Å². The highest BCUT2D eigenvalue weighted by Gasteiger charge is 2.38. The van der Waals surface area contributed by atoms with Crippen molar-refractivity contribution >= 4 is 23.4 Å².